The zero-order valence-electron chi connectivity index (χ0n) is 23.8. The van der Waals surface area contributed by atoms with Crippen molar-refractivity contribution >= 4 is 28.1 Å². The van der Waals surface area contributed by atoms with E-state index in [0.29, 0.717) is 11.4 Å². The summed E-state index contributed by atoms with van der Waals surface area (Å²) in [6, 6.07) is 28.7. The van der Waals surface area contributed by atoms with E-state index in [-0.39, 0.29) is 38.1 Å². The number of anilines is 3. The summed E-state index contributed by atoms with van der Waals surface area (Å²) in [6.07, 6.45) is 1.90. The molecule has 1 N–H and O–H groups in total. The molecule has 2 aromatic heterocycles. The van der Waals surface area contributed by atoms with Crippen molar-refractivity contribution in [2.24, 2.45) is 0 Å². The molecule has 0 bridgehead atoms. The minimum absolute atomic E-state index is 0. The molecule has 1 aliphatic rings. The zero-order chi connectivity index (χ0) is 27.5. The molecular weight excluding hydrogens is 673 g/mol. The van der Waals surface area contributed by atoms with Gasteiger partial charge in [0, 0.05) is 38.3 Å². The van der Waals surface area contributed by atoms with Gasteiger partial charge in [0.25, 0.3) is 0 Å². The molecular formula is C35H34N3OPt-. The van der Waals surface area contributed by atoms with Crippen LogP contribution in [0.2, 0.25) is 0 Å². The Morgan fingerprint density at radius 3 is 2.38 bits per heavy atom. The number of hydrogen-bond donors (Lipinski definition) is 1. The number of nitrogens with zero attached hydrogens (tertiary/aromatic N) is 3. The fourth-order valence-corrected chi connectivity index (χ4v) is 5.80. The predicted molar refractivity (Wildman–Crippen MR) is 160 cm³/mol. The number of pyridine rings is 2. The van der Waals surface area contributed by atoms with Crippen LogP contribution in [0.4, 0.5) is 17.2 Å². The van der Waals surface area contributed by atoms with Crippen LogP contribution in [-0.4, -0.2) is 15.1 Å². The van der Waals surface area contributed by atoms with Crippen molar-refractivity contribution in [2.75, 3.05) is 4.90 Å². The molecule has 0 atom stereocenters. The number of para-hydroxylation sites is 2. The van der Waals surface area contributed by atoms with Crippen LogP contribution in [0.5, 0.6) is 5.75 Å². The summed E-state index contributed by atoms with van der Waals surface area (Å²) in [5.41, 5.74) is 9.04. The Morgan fingerprint density at radius 1 is 0.850 bits per heavy atom. The second-order valence-corrected chi connectivity index (χ2v) is 11.6. The molecule has 1 aliphatic heterocycles. The van der Waals surface area contributed by atoms with Crippen molar-refractivity contribution < 1.29 is 26.2 Å². The fourth-order valence-electron chi connectivity index (χ4n) is 5.80. The molecule has 0 spiro atoms. The van der Waals surface area contributed by atoms with Crippen molar-refractivity contribution in [2.45, 2.75) is 58.8 Å². The first-order valence-electron chi connectivity index (χ1n) is 13.7. The maximum Gasteiger partial charge on any atom is 0.140 e. The molecule has 0 radical (unpaired) electrons. The van der Waals surface area contributed by atoms with Gasteiger partial charge in [-0.25, -0.2) is 4.98 Å². The molecule has 5 aromatic rings. The molecule has 3 aromatic carbocycles. The Kier molecular flexibility index (Phi) is 7.35. The summed E-state index contributed by atoms with van der Waals surface area (Å²) in [4.78, 5) is 12.0. The summed E-state index contributed by atoms with van der Waals surface area (Å²) in [7, 11) is 0. The van der Waals surface area contributed by atoms with Crippen LogP contribution in [0, 0.1) is 6.07 Å². The van der Waals surface area contributed by atoms with E-state index in [9.17, 15) is 5.11 Å². The first kappa shape index (κ1) is 28.1. The average Bonchev–Trinajstić information content (AvgIpc) is 2.93. The zero-order valence-corrected chi connectivity index (χ0v) is 26.0. The third kappa shape index (κ3) is 4.53. The Morgan fingerprint density at radius 2 is 1.62 bits per heavy atom. The van der Waals surface area contributed by atoms with Gasteiger partial charge >= 0.3 is 0 Å². The molecule has 4 nitrogen and oxygen atoms in total. The molecule has 0 saturated heterocycles. The largest absolute Gasteiger partial charge is 0.506 e. The van der Waals surface area contributed by atoms with Gasteiger partial charge in [-0.3, -0.25) is 4.98 Å². The molecule has 0 amide bonds. The molecule has 0 fully saturated rings. The third-order valence-electron chi connectivity index (χ3n) is 8.05. The fraction of sp³-hybridized carbons (Fsp3) is 0.257. The minimum atomic E-state index is -0.217. The standard InChI is InChI=1S/C35H34N3O.Pt/c1-21(2)23-16-17-36-33(19-23)38-30-12-8-7-11-27(30)35(5,6)28-15-14-24(18-31(28)38)29-20-26(22(3)4)25-10-9-13-32(39)34(25)37-29;/h7-17,19-22,39H,1-6H3;/q-1;. The summed E-state index contributed by atoms with van der Waals surface area (Å²) >= 11 is 0. The molecule has 0 unspecified atom stereocenters. The van der Waals surface area contributed by atoms with Crippen molar-refractivity contribution in [1.29, 1.82) is 0 Å². The Balaban J connectivity index is 0.00000323. The first-order chi connectivity index (χ1) is 18.7. The maximum absolute atomic E-state index is 10.7. The number of rotatable bonds is 4. The van der Waals surface area contributed by atoms with Crippen molar-refractivity contribution in [3.8, 4) is 17.0 Å². The Bertz CT molecular complexity index is 1720. The topological polar surface area (TPSA) is 49.2 Å². The Labute approximate surface area is 251 Å². The average molecular weight is 708 g/mol. The van der Waals surface area contributed by atoms with E-state index >= 15 is 0 Å². The number of fused-ring (bicyclic) bond motifs is 3. The smallest absolute Gasteiger partial charge is 0.140 e. The maximum atomic E-state index is 10.7. The van der Waals surface area contributed by atoms with Gasteiger partial charge in [0.1, 0.15) is 17.1 Å². The summed E-state index contributed by atoms with van der Waals surface area (Å²) in [5, 5.41) is 11.7. The molecule has 0 aliphatic carbocycles. The minimum Gasteiger partial charge on any atom is -0.506 e. The second-order valence-electron chi connectivity index (χ2n) is 11.6. The van der Waals surface area contributed by atoms with Crippen LogP contribution in [0.1, 0.15) is 75.6 Å². The predicted octanol–water partition coefficient (Wildman–Crippen LogP) is 9.16. The van der Waals surface area contributed by atoms with Gasteiger partial charge in [-0.1, -0.05) is 83.5 Å². The van der Waals surface area contributed by atoms with E-state index in [1.807, 2.05) is 18.3 Å². The van der Waals surface area contributed by atoms with Crippen molar-refractivity contribution in [3.63, 3.8) is 0 Å². The van der Waals surface area contributed by atoms with E-state index in [4.69, 9.17) is 9.97 Å². The van der Waals surface area contributed by atoms with Gasteiger partial charge in [-0.05, 0) is 69.6 Å². The molecule has 5 heteroatoms. The number of aromatic nitrogens is 2. The van der Waals surface area contributed by atoms with Gasteiger partial charge in [-0.15, -0.1) is 23.8 Å². The van der Waals surface area contributed by atoms with Crippen LogP contribution in [-0.2, 0) is 26.5 Å². The molecule has 40 heavy (non-hydrogen) atoms. The van der Waals surface area contributed by atoms with Gasteiger partial charge in [-0.2, -0.15) is 0 Å². The monoisotopic (exact) mass is 707 g/mol. The van der Waals surface area contributed by atoms with Gasteiger partial charge in [0.15, 0.2) is 0 Å². The summed E-state index contributed by atoms with van der Waals surface area (Å²) in [6.45, 7) is 13.3. The van der Waals surface area contributed by atoms with Crippen LogP contribution in [0.15, 0.2) is 79.0 Å². The van der Waals surface area contributed by atoms with E-state index in [1.54, 1.807) is 6.07 Å². The normalized spacial score (nSPS) is 13.8. The number of phenolic OH excluding ortho intramolecular Hbond substituents is 1. The van der Waals surface area contributed by atoms with Crippen LogP contribution in [0.3, 0.4) is 0 Å². The van der Waals surface area contributed by atoms with Gasteiger partial charge in [0.05, 0.1) is 0 Å². The van der Waals surface area contributed by atoms with Crippen LogP contribution in [0.25, 0.3) is 22.2 Å². The SMILES string of the molecule is CC(C)c1ccnc(N2c3[c-]c(-c4cc(C(C)C)c5cccc(O)c5n4)ccc3C(C)(C)c3ccccc32)c1.[Pt]. The van der Waals surface area contributed by atoms with Crippen molar-refractivity contribution in [1.82, 2.24) is 9.97 Å². The first-order valence-corrected chi connectivity index (χ1v) is 13.7. The third-order valence-corrected chi connectivity index (χ3v) is 8.05. The van der Waals surface area contributed by atoms with Gasteiger partial charge < -0.3 is 10.0 Å². The molecule has 3 heterocycles. The number of aromatic hydroxyl groups is 1. The van der Waals surface area contributed by atoms with Crippen LogP contribution >= 0.6 is 0 Å². The van der Waals surface area contributed by atoms with E-state index < -0.39 is 0 Å². The second kappa shape index (κ2) is 10.5. The number of hydrogen-bond acceptors (Lipinski definition) is 4. The molecule has 6 rings (SSSR count). The molecule has 0 saturated carbocycles. The summed E-state index contributed by atoms with van der Waals surface area (Å²) in [5.74, 6) is 1.74. The van der Waals surface area contributed by atoms with E-state index in [0.717, 1.165) is 39.4 Å². The number of phenols is 1. The van der Waals surface area contributed by atoms with E-state index in [2.05, 4.69) is 107 Å². The van der Waals surface area contributed by atoms with E-state index in [1.165, 1.54) is 16.7 Å². The van der Waals surface area contributed by atoms with Crippen LogP contribution < -0.4 is 4.90 Å². The number of benzene rings is 3. The molecule has 206 valence electrons. The quantitative estimate of drug-likeness (QED) is 0.190. The Hall–Kier alpha value is -3.49. The van der Waals surface area contributed by atoms with Crippen molar-refractivity contribution in [3.05, 3.63) is 107 Å². The summed E-state index contributed by atoms with van der Waals surface area (Å²) < 4.78 is 0. The van der Waals surface area contributed by atoms with Gasteiger partial charge in [0.2, 0.25) is 0 Å².